The Bertz CT molecular complexity index is 315. The molecule has 1 aliphatic rings. The minimum Gasteiger partial charge on any atom is -0.284 e. The number of Topliss-reactive ketones (excluding diaryl/α,β-unsaturated/α-hetero) is 1. The van der Waals surface area contributed by atoms with E-state index in [-0.39, 0.29) is 5.57 Å². The minimum atomic E-state index is -0.987. The van der Waals surface area contributed by atoms with E-state index < -0.39 is 11.0 Å². The zero-order valence-electron chi connectivity index (χ0n) is 6.04. The van der Waals surface area contributed by atoms with Crippen LogP contribution >= 0.6 is 23.8 Å². The van der Waals surface area contributed by atoms with Gasteiger partial charge < -0.3 is 0 Å². The molecule has 0 amide bonds. The molecule has 62 valence electrons. The Labute approximate surface area is 79.9 Å². The predicted octanol–water partition coefficient (Wildman–Crippen LogP) is 1.58. The maximum Gasteiger partial charge on any atom is 0.293 e. The van der Waals surface area contributed by atoms with Crippen molar-refractivity contribution in [1.29, 1.82) is 0 Å². The fourth-order valence-corrected chi connectivity index (χ4v) is 1.21. The van der Waals surface area contributed by atoms with Gasteiger partial charge in [-0.1, -0.05) is 30.4 Å². The maximum absolute atomic E-state index is 11.0. The van der Waals surface area contributed by atoms with Crippen molar-refractivity contribution < 1.29 is 9.59 Å². The van der Waals surface area contributed by atoms with Crippen molar-refractivity contribution in [2.45, 2.75) is 6.42 Å². The Morgan fingerprint density at radius 3 is 2.67 bits per heavy atom. The number of hydrogen-bond acceptors (Lipinski definition) is 3. The van der Waals surface area contributed by atoms with Gasteiger partial charge in [0.25, 0.3) is 5.24 Å². The van der Waals surface area contributed by atoms with Gasteiger partial charge in [0.05, 0.1) is 0 Å². The summed E-state index contributed by atoms with van der Waals surface area (Å²) in [4.78, 5) is 22.0. The van der Waals surface area contributed by atoms with Crippen LogP contribution in [0.1, 0.15) is 6.42 Å². The van der Waals surface area contributed by atoms with Gasteiger partial charge in [-0.3, -0.25) is 9.59 Å². The highest BCUT2D eigenvalue weighted by molar-refractivity contribution is 7.81. The first-order chi connectivity index (χ1) is 5.63. The van der Waals surface area contributed by atoms with Crippen LogP contribution in [0.3, 0.4) is 0 Å². The van der Waals surface area contributed by atoms with Crippen LogP contribution in [0.5, 0.6) is 0 Å². The number of carbonyl (C=O) groups excluding carboxylic acids is 2. The molecule has 12 heavy (non-hydrogen) atoms. The average molecular weight is 201 g/mol. The average Bonchev–Trinajstić information content (AvgIpc) is 2.04. The van der Waals surface area contributed by atoms with E-state index in [1.165, 1.54) is 6.08 Å². The van der Waals surface area contributed by atoms with E-state index in [1.807, 2.05) is 6.08 Å². The second-order valence-corrected chi connectivity index (χ2v) is 3.07. The summed E-state index contributed by atoms with van der Waals surface area (Å²) in [5.41, 5.74) is 0.243. The van der Waals surface area contributed by atoms with Crippen molar-refractivity contribution in [3.8, 4) is 0 Å². The van der Waals surface area contributed by atoms with Crippen LogP contribution in [-0.2, 0) is 9.59 Å². The number of thiocarbonyl (C=S) groups is 1. The Morgan fingerprint density at radius 1 is 1.50 bits per heavy atom. The maximum atomic E-state index is 11.0. The van der Waals surface area contributed by atoms with Crippen LogP contribution in [0.2, 0.25) is 0 Å². The third-order valence-electron chi connectivity index (χ3n) is 1.43. The highest BCUT2D eigenvalue weighted by Crippen LogP contribution is 2.12. The van der Waals surface area contributed by atoms with E-state index in [2.05, 4.69) is 0 Å². The summed E-state index contributed by atoms with van der Waals surface area (Å²) in [6.07, 6.45) is 5.53. The fourth-order valence-electron chi connectivity index (χ4n) is 0.850. The lowest BCUT2D eigenvalue weighted by atomic mass is 10.0. The van der Waals surface area contributed by atoms with E-state index in [0.29, 0.717) is 11.3 Å². The second kappa shape index (κ2) is 3.74. The molecule has 0 fully saturated rings. The Kier molecular flexibility index (Phi) is 2.89. The zero-order chi connectivity index (χ0) is 9.14. The molecular formula is C8H5ClO2S. The molecule has 0 N–H and O–H groups in total. The normalized spacial score (nSPS) is 15.8. The Morgan fingerprint density at radius 2 is 2.17 bits per heavy atom. The molecule has 0 heterocycles. The molecule has 0 atom stereocenters. The largest absolute Gasteiger partial charge is 0.293 e. The van der Waals surface area contributed by atoms with Crippen LogP contribution in [0.25, 0.3) is 0 Å². The van der Waals surface area contributed by atoms with Gasteiger partial charge in [-0.15, -0.1) is 0 Å². The van der Waals surface area contributed by atoms with Crippen molar-refractivity contribution >= 4 is 39.7 Å². The van der Waals surface area contributed by atoms with Crippen LogP contribution in [0.4, 0.5) is 0 Å². The molecule has 0 spiro atoms. The Hall–Kier alpha value is -0.800. The summed E-state index contributed by atoms with van der Waals surface area (Å²) < 4.78 is 0. The quantitative estimate of drug-likeness (QED) is 0.386. The number of rotatable bonds is 2. The van der Waals surface area contributed by atoms with E-state index in [9.17, 15) is 9.59 Å². The summed E-state index contributed by atoms with van der Waals surface area (Å²) in [5, 5.41) is -0.987. The molecule has 0 radical (unpaired) electrons. The summed E-state index contributed by atoms with van der Waals surface area (Å²) in [7, 11) is 0. The molecule has 1 aliphatic carbocycles. The van der Waals surface area contributed by atoms with Gasteiger partial charge in [-0.25, -0.2) is 0 Å². The van der Waals surface area contributed by atoms with Crippen LogP contribution in [-0.4, -0.2) is 15.9 Å². The minimum absolute atomic E-state index is 0.243. The van der Waals surface area contributed by atoms with Gasteiger partial charge >= 0.3 is 0 Å². The number of hydrogen-bond donors (Lipinski definition) is 0. The lowest BCUT2D eigenvalue weighted by Crippen LogP contribution is -2.17. The topological polar surface area (TPSA) is 34.1 Å². The van der Waals surface area contributed by atoms with Gasteiger partial charge in [-0.2, -0.15) is 0 Å². The third-order valence-corrected chi connectivity index (χ3v) is 1.98. The predicted molar refractivity (Wildman–Crippen MR) is 50.3 cm³/mol. The lowest BCUT2D eigenvalue weighted by molar-refractivity contribution is -0.129. The molecule has 0 unspecified atom stereocenters. The van der Waals surface area contributed by atoms with Crippen LogP contribution < -0.4 is 0 Å². The molecule has 0 aromatic heterocycles. The molecule has 0 aromatic carbocycles. The Balaban J connectivity index is 2.94. The van der Waals surface area contributed by atoms with Gasteiger partial charge in [0, 0.05) is 16.9 Å². The first-order valence-corrected chi connectivity index (χ1v) is 4.05. The monoisotopic (exact) mass is 200 g/mol. The van der Waals surface area contributed by atoms with Gasteiger partial charge in [0.1, 0.15) is 0 Å². The van der Waals surface area contributed by atoms with Crippen LogP contribution in [0, 0.1) is 0 Å². The van der Waals surface area contributed by atoms with Crippen molar-refractivity contribution in [2.24, 2.45) is 0 Å². The van der Waals surface area contributed by atoms with E-state index >= 15 is 0 Å². The number of carbonyl (C=O) groups is 2. The molecule has 0 aliphatic heterocycles. The molecule has 0 aromatic rings. The highest BCUT2D eigenvalue weighted by Gasteiger charge is 2.20. The molecule has 0 saturated heterocycles. The van der Waals surface area contributed by atoms with Crippen molar-refractivity contribution in [3.63, 3.8) is 0 Å². The van der Waals surface area contributed by atoms with Gasteiger partial charge in [-0.05, 0) is 11.6 Å². The van der Waals surface area contributed by atoms with E-state index in [1.54, 1.807) is 6.08 Å². The number of halogens is 1. The summed E-state index contributed by atoms with van der Waals surface area (Å²) in [6.45, 7) is 0. The van der Waals surface area contributed by atoms with Gasteiger partial charge in [0.15, 0.2) is 0 Å². The molecule has 1 rings (SSSR count). The molecule has 2 nitrogen and oxygen atoms in total. The van der Waals surface area contributed by atoms with E-state index in [4.69, 9.17) is 23.8 Å². The zero-order valence-corrected chi connectivity index (χ0v) is 7.61. The summed E-state index contributed by atoms with van der Waals surface area (Å²) >= 11 is 9.89. The molecular weight excluding hydrogens is 196 g/mol. The second-order valence-electron chi connectivity index (χ2n) is 2.24. The SMILES string of the molecule is O=C(Cl)C(=O)C1=CC=CCC1=S. The summed E-state index contributed by atoms with van der Waals surface area (Å²) in [6, 6.07) is 0. The van der Waals surface area contributed by atoms with E-state index in [0.717, 1.165) is 0 Å². The first kappa shape index (κ1) is 9.29. The van der Waals surface area contributed by atoms with Crippen molar-refractivity contribution in [3.05, 3.63) is 23.8 Å². The third kappa shape index (κ3) is 1.87. The lowest BCUT2D eigenvalue weighted by Gasteiger charge is -2.05. The van der Waals surface area contributed by atoms with Crippen molar-refractivity contribution in [2.75, 3.05) is 0 Å². The fraction of sp³-hybridized carbons (Fsp3) is 0.125. The van der Waals surface area contributed by atoms with Crippen molar-refractivity contribution in [1.82, 2.24) is 0 Å². The molecule has 4 heteroatoms. The molecule has 0 saturated carbocycles. The number of allylic oxidation sites excluding steroid dienone is 4. The van der Waals surface area contributed by atoms with Gasteiger partial charge in [0.2, 0.25) is 5.78 Å². The number of ketones is 1. The van der Waals surface area contributed by atoms with Crippen LogP contribution in [0.15, 0.2) is 23.8 Å². The first-order valence-electron chi connectivity index (χ1n) is 3.27. The molecule has 0 bridgehead atoms. The highest BCUT2D eigenvalue weighted by atomic mass is 35.5. The summed E-state index contributed by atoms with van der Waals surface area (Å²) in [5.74, 6) is -0.717. The standard InChI is InChI=1S/C8H5ClO2S/c9-8(11)7(10)5-3-1-2-4-6(5)12/h1-3H,4H2. The smallest absolute Gasteiger partial charge is 0.284 e.